The van der Waals surface area contributed by atoms with Crippen molar-refractivity contribution in [2.24, 2.45) is 0 Å². The van der Waals surface area contributed by atoms with Crippen LogP contribution >= 0.6 is 0 Å². The maximum Gasteiger partial charge on any atom is 0.245 e. The highest BCUT2D eigenvalue weighted by atomic mass is 16.5. The Morgan fingerprint density at radius 3 is 2.95 bits per heavy atom. The average molecular weight is 272 g/mol. The molecule has 1 atom stereocenters. The van der Waals surface area contributed by atoms with Crippen LogP contribution in [0.25, 0.3) is 11.4 Å². The van der Waals surface area contributed by atoms with Gasteiger partial charge in [-0.3, -0.25) is 0 Å². The van der Waals surface area contributed by atoms with Gasteiger partial charge in [0.2, 0.25) is 11.7 Å². The van der Waals surface area contributed by atoms with Crippen LogP contribution in [-0.2, 0) is 0 Å². The fourth-order valence-electron chi connectivity index (χ4n) is 2.61. The van der Waals surface area contributed by atoms with Crippen molar-refractivity contribution in [1.82, 2.24) is 20.4 Å². The van der Waals surface area contributed by atoms with Crippen molar-refractivity contribution in [2.75, 3.05) is 26.7 Å². The minimum absolute atomic E-state index is 0.126. The van der Waals surface area contributed by atoms with Gasteiger partial charge in [0.15, 0.2) is 0 Å². The summed E-state index contributed by atoms with van der Waals surface area (Å²) < 4.78 is 5.44. The molecule has 5 heteroatoms. The zero-order chi connectivity index (χ0) is 14.1. The fraction of sp³-hybridized carbons (Fsp3) is 0.467. The maximum atomic E-state index is 5.44. The molecule has 5 nitrogen and oxygen atoms in total. The van der Waals surface area contributed by atoms with Crippen molar-refractivity contribution in [3.05, 3.63) is 35.2 Å². The van der Waals surface area contributed by atoms with Gasteiger partial charge in [0.25, 0.3) is 0 Å². The summed E-state index contributed by atoms with van der Waals surface area (Å²) in [5.41, 5.74) is 3.45. The normalized spacial score (nSPS) is 20.2. The SMILES string of the molecule is Cc1ccc(-c2noc(C3CN(C)CCN3)n2)c(C)c1. The van der Waals surface area contributed by atoms with Gasteiger partial charge in [-0.1, -0.05) is 28.9 Å². The zero-order valence-corrected chi connectivity index (χ0v) is 12.2. The first-order chi connectivity index (χ1) is 9.63. The second-order valence-corrected chi connectivity index (χ2v) is 5.54. The third-order valence-electron chi connectivity index (χ3n) is 3.74. The second-order valence-electron chi connectivity index (χ2n) is 5.54. The van der Waals surface area contributed by atoms with E-state index in [1.54, 1.807) is 0 Å². The van der Waals surface area contributed by atoms with Crippen LogP contribution in [-0.4, -0.2) is 41.7 Å². The lowest BCUT2D eigenvalue weighted by Gasteiger charge is -2.28. The molecule has 20 heavy (non-hydrogen) atoms. The van der Waals surface area contributed by atoms with Crippen molar-refractivity contribution in [1.29, 1.82) is 0 Å². The van der Waals surface area contributed by atoms with Crippen LogP contribution in [0.4, 0.5) is 0 Å². The lowest BCUT2D eigenvalue weighted by Crippen LogP contribution is -2.43. The van der Waals surface area contributed by atoms with Crippen LogP contribution in [0.2, 0.25) is 0 Å². The Morgan fingerprint density at radius 1 is 1.35 bits per heavy atom. The van der Waals surface area contributed by atoms with Crippen LogP contribution in [0.15, 0.2) is 22.7 Å². The first-order valence-corrected chi connectivity index (χ1v) is 6.96. The molecule has 1 aliphatic heterocycles. The van der Waals surface area contributed by atoms with Crippen LogP contribution in [0, 0.1) is 13.8 Å². The monoisotopic (exact) mass is 272 g/mol. The lowest BCUT2D eigenvalue weighted by molar-refractivity contribution is 0.208. The Bertz CT molecular complexity index is 608. The summed E-state index contributed by atoms with van der Waals surface area (Å²) >= 11 is 0. The number of nitrogens with zero attached hydrogens (tertiary/aromatic N) is 3. The summed E-state index contributed by atoms with van der Waals surface area (Å²) in [5.74, 6) is 1.35. The van der Waals surface area contributed by atoms with E-state index in [0.717, 1.165) is 25.2 Å². The Morgan fingerprint density at radius 2 is 2.20 bits per heavy atom. The van der Waals surface area contributed by atoms with E-state index in [-0.39, 0.29) is 6.04 Å². The molecule has 1 aliphatic rings. The molecule has 0 bridgehead atoms. The van der Waals surface area contributed by atoms with Crippen LogP contribution in [0.1, 0.15) is 23.1 Å². The van der Waals surface area contributed by atoms with E-state index in [0.29, 0.717) is 11.7 Å². The van der Waals surface area contributed by atoms with Gasteiger partial charge >= 0.3 is 0 Å². The molecule has 0 aliphatic carbocycles. The topological polar surface area (TPSA) is 54.2 Å². The largest absolute Gasteiger partial charge is 0.337 e. The van der Waals surface area contributed by atoms with Gasteiger partial charge in [0.1, 0.15) is 6.04 Å². The molecule has 2 heterocycles. The second kappa shape index (κ2) is 5.34. The predicted molar refractivity (Wildman–Crippen MR) is 77.4 cm³/mol. The smallest absolute Gasteiger partial charge is 0.245 e. The number of aryl methyl sites for hydroxylation is 2. The summed E-state index contributed by atoms with van der Waals surface area (Å²) in [6, 6.07) is 6.39. The minimum atomic E-state index is 0.126. The van der Waals surface area contributed by atoms with E-state index in [1.807, 2.05) is 0 Å². The quantitative estimate of drug-likeness (QED) is 0.905. The Kier molecular flexibility index (Phi) is 3.54. The van der Waals surface area contributed by atoms with E-state index >= 15 is 0 Å². The number of likely N-dealkylation sites (N-methyl/N-ethyl adjacent to an activating group) is 1. The summed E-state index contributed by atoms with van der Waals surface area (Å²) in [4.78, 5) is 6.83. The molecule has 1 aromatic carbocycles. The number of piperazine rings is 1. The Hall–Kier alpha value is -1.72. The number of rotatable bonds is 2. The van der Waals surface area contributed by atoms with E-state index < -0.39 is 0 Å². The van der Waals surface area contributed by atoms with Gasteiger partial charge < -0.3 is 14.7 Å². The van der Waals surface area contributed by atoms with Crippen molar-refractivity contribution in [2.45, 2.75) is 19.9 Å². The van der Waals surface area contributed by atoms with Crippen molar-refractivity contribution < 1.29 is 4.52 Å². The number of benzene rings is 1. The molecule has 0 saturated carbocycles. The Balaban J connectivity index is 1.86. The molecular formula is C15H20N4O. The molecule has 1 unspecified atom stereocenters. The molecule has 0 spiro atoms. The van der Waals surface area contributed by atoms with Gasteiger partial charge in [0.05, 0.1) is 0 Å². The van der Waals surface area contributed by atoms with Crippen molar-refractivity contribution in [3.8, 4) is 11.4 Å². The van der Waals surface area contributed by atoms with E-state index in [4.69, 9.17) is 4.52 Å². The number of hydrogen-bond donors (Lipinski definition) is 1. The van der Waals surface area contributed by atoms with Crippen LogP contribution < -0.4 is 5.32 Å². The van der Waals surface area contributed by atoms with Crippen molar-refractivity contribution >= 4 is 0 Å². The highest BCUT2D eigenvalue weighted by Crippen LogP contribution is 2.23. The summed E-state index contributed by atoms with van der Waals surface area (Å²) in [6.45, 7) is 7.05. The molecule has 106 valence electrons. The van der Waals surface area contributed by atoms with Gasteiger partial charge in [-0.2, -0.15) is 4.98 Å². The summed E-state index contributed by atoms with van der Waals surface area (Å²) in [5, 5.41) is 7.55. The summed E-state index contributed by atoms with van der Waals surface area (Å²) in [7, 11) is 2.11. The Labute approximate surface area is 119 Å². The fourth-order valence-corrected chi connectivity index (χ4v) is 2.61. The summed E-state index contributed by atoms with van der Waals surface area (Å²) in [6.07, 6.45) is 0. The third-order valence-corrected chi connectivity index (χ3v) is 3.74. The number of nitrogens with one attached hydrogen (secondary N) is 1. The number of aromatic nitrogens is 2. The molecule has 1 fully saturated rings. The predicted octanol–water partition coefficient (Wildman–Crippen LogP) is 1.93. The molecule has 1 aromatic heterocycles. The highest BCUT2D eigenvalue weighted by Gasteiger charge is 2.24. The molecule has 0 amide bonds. The van der Waals surface area contributed by atoms with E-state index in [1.165, 1.54) is 11.1 Å². The molecule has 3 rings (SSSR count). The first-order valence-electron chi connectivity index (χ1n) is 6.96. The molecular weight excluding hydrogens is 252 g/mol. The first kappa shape index (κ1) is 13.3. The average Bonchev–Trinajstić information content (AvgIpc) is 2.88. The van der Waals surface area contributed by atoms with Gasteiger partial charge in [0, 0.05) is 25.2 Å². The molecule has 2 aromatic rings. The lowest BCUT2D eigenvalue weighted by atomic mass is 10.1. The van der Waals surface area contributed by atoms with Crippen LogP contribution in [0.5, 0.6) is 0 Å². The zero-order valence-electron chi connectivity index (χ0n) is 12.2. The molecule has 1 saturated heterocycles. The van der Waals surface area contributed by atoms with Gasteiger partial charge in [-0.15, -0.1) is 0 Å². The molecule has 1 N–H and O–H groups in total. The standard InChI is InChI=1S/C15H20N4O/c1-10-4-5-12(11(2)8-10)14-17-15(20-18-14)13-9-19(3)7-6-16-13/h4-5,8,13,16H,6-7,9H2,1-3H3. The van der Waals surface area contributed by atoms with Crippen LogP contribution in [0.3, 0.4) is 0 Å². The van der Waals surface area contributed by atoms with Gasteiger partial charge in [-0.05, 0) is 26.5 Å². The number of hydrogen-bond acceptors (Lipinski definition) is 5. The van der Waals surface area contributed by atoms with E-state index in [2.05, 4.69) is 59.5 Å². The highest BCUT2D eigenvalue weighted by molar-refractivity contribution is 5.60. The van der Waals surface area contributed by atoms with E-state index in [9.17, 15) is 0 Å². The van der Waals surface area contributed by atoms with Gasteiger partial charge in [-0.25, -0.2) is 0 Å². The minimum Gasteiger partial charge on any atom is -0.337 e. The maximum absolute atomic E-state index is 5.44. The molecule has 0 radical (unpaired) electrons. The third kappa shape index (κ3) is 2.59. The van der Waals surface area contributed by atoms with Crippen molar-refractivity contribution in [3.63, 3.8) is 0 Å².